The maximum atomic E-state index is 12.8. The average molecular weight is 424 g/mol. The highest BCUT2D eigenvalue weighted by Gasteiger charge is 2.19. The number of esters is 1. The number of methoxy groups -OCH3 is 1. The summed E-state index contributed by atoms with van der Waals surface area (Å²) in [5.74, 6) is -1.33. The van der Waals surface area contributed by atoms with E-state index in [0.29, 0.717) is 16.4 Å². The largest absolute Gasteiger partial charge is 0.465 e. The number of hydrogen-bond acceptors (Lipinski definition) is 6. The molecule has 0 fully saturated rings. The third-order valence-corrected chi connectivity index (χ3v) is 4.58. The summed E-state index contributed by atoms with van der Waals surface area (Å²) in [5.41, 5.74) is 2.99. The zero-order valence-electron chi connectivity index (χ0n) is 15.6. The molecule has 2 aromatic carbocycles. The van der Waals surface area contributed by atoms with Gasteiger partial charge in [0.1, 0.15) is 11.7 Å². The molecule has 0 aliphatic carbocycles. The van der Waals surface area contributed by atoms with E-state index in [4.69, 9.17) is 16.3 Å². The molecule has 150 valence electrons. The molecule has 30 heavy (non-hydrogen) atoms. The van der Waals surface area contributed by atoms with Crippen LogP contribution in [0.2, 0.25) is 5.02 Å². The van der Waals surface area contributed by atoms with Crippen LogP contribution in [0.3, 0.4) is 0 Å². The van der Waals surface area contributed by atoms with Crippen molar-refractivity contribution in [3.05, 3.63) is 87.6 Å². The Labute approximate surface area is 174 Å². The Kier molecular flexibility index (Phi) is 5.03. The van der Waals surface area contributed by atoms with E-state index < -0.39 is 17.4 Å². The van der Waals surface area contributed by atoms with Crippen LogP contribution < -0.4 is 11.0 Å². The lowest BCUT2D eigenvalue weighted by atomic mass is 10.1. The van der Waals surface area contributed by atoms with Crippen molar-refractivity contribution in [2.75, 3.05) is 12.5 Å². The molecule has 9 nitrogen and oxygen atoms in total. The van der Waals surface area contributed by atoms with Gasteiger partial charge in [-0.2, -0.15) is 5.10 Å². The summed E-state index contributed by atoms with van der Waals surface area (Å²) in [6.45, 7) is 0. The third kappa shape index (κ3) is 3.42. The highest BCUT2D eigenvalue weighted by molar-refractivity contribution is 6.30. The molecular weight excluding hydrogens is 410 g/mol. The molecule has 0 aliphatic heterocycles. The number of carbonyl (C=O) groups excluding carboxylic acids is 2. The number of rotatable bonds is 4. The van der Waals surface area contributed by atoms with Crippen molar-refractivity contribution in [3.8, 4) is 5.69 Å². The molecule has 0 saturated carbocycles. The van der Waals surface area contributed by atoms with E-state index in [2.05, 4.69) is 15.5 Å². The van der Waals surface area contributed by atoms with E-state index in [0.717, 1.165) is 4.68 Å². The van der Waals surface area contributed by atoms with E-state index in [-0.39, 0.29) is 16.5 Å². The molecule has 0 saturated heterocycles. The number of nitrogens with one attached hydrogen (secondary N) is 1. The lowest BCUT2D eigenvalue weighted by Crippen LogP contribution is -2.34. The standard InChI is InChI=1S/C20H14ClN5O4/c1-30-20(29)15-8-3-2-7-14(15)18(27)24-25-11-22-17-16(19(25)28)10-23-26(17)13-6-4-5-12(21)9-13/h2-11H,1H3,(H,24,27). The van der Waals surface area contributed by atoms with Gasteiger partial charge >= 0.3 is 5.97 Å². The number of aromatic nitrogens is 4. The van der Waals surface area contributed by atoms with Gasteiger partial charge in [-0.15, -0.1) is 0 Å². The van der Waals surface area contributed by atoms with Crippen molar-refractivity contribution < 1.29 is 14.3 Å². The zero-order chi connectivity index (χ0) is 21.3. The Morgan fingerprint density at radius 1 is 1.10 bits per heavy atom. The van der Waals surface area contributed by atoms with Crippen molar-refractivity contribution in [3.63, 3.8) is 0 Å². The molecule has 0 unspecified atom stereocenters. The van der Waals surface area contributed by atoms with Gasteiger partial charge in [-0.3, -0.25) is 15.0 Å². The van der Waals surface area contributed by atoms with Crippen LogP contribution in [0.5, 0.6) is 0 Å². The fourth-order valence-electron chi connectivity index (χ4n) is 2.93. The summed E-state index contributed by atoms with van der Waals surface area (Å²) in [6.07, 6.45) is 2.53. The fraction of sp³-hybridized carbons (Fsp3) is 0.0500. The summed E-state index contributed by atoms with van der Waals surface area (Å²) in [7, 11) is 1.22. The van der Waals surface area contributed by atoms with Gasteiger partial charge in [0.25, 0.3) is 11.5 Å². The lowest BCUT2D eigenvalue weighted by Gasteiger charge is -2.10. The summed E-state index contributed by atoms with van der Waals surface area (Å²) in [4.78, 5) is 41.6. The molecule has 2 aromatic heterocycles. The Balaban J connectivity index is 1.70. The number of ether oxygens (including phenoxy) is 1. The van der Waals surface area contributed by atoms with Gasteiger partial charge in [-0.1, -0.05) is 29.8 Å². The fourth-order valence-corrected chi connectivity index (χ4v) is 3.11. The number of halogens is 1. The monoisotopic (exact) mass is 423 g/mol. The highest BCUT2D eigenvalue weighted by atomic mass is 35.5. The quantitative estimate of drug-likeness (QED) is 0.505. The number of fused-ring (bicyclic) bond motifs is 1. The van der Waals surface area contributed by atoms with Crippen molar-refractivity contribution in [2.24, 2.45) is 0 Å². The van der Waals surface area contributed by atoms with Crippen LogP contribution in [0.25, 0.3) is 16.7 Å². The minimum absolute atomic E-state index is 0.0611. The number of hydrogen-bond donors (Lipinski definition) is 1. The van der Waals surface area contributed by atoms with Gasteiger partial charge in [0.15, 0.2) is 5.65 Å². The number of nitrogens with zero attached hydrogens (tertiary/aromatic N) is 4. The molecule has 0 radical (unpaired) electrons. The van der Waals surface area contributed by atoms with Gasteiger partial charge in [0.2, 0.25) is 0 Å². The molecular formula is C20H14ClN5O4. The van der Waals surface area contributed by atoms with Crippen LogP contribution in [0.4, 0.5) is 0 Å². The summed E-state index contributed by atoms with van der Waals surface area (Å²) in [6, 6.07) is 13.1. The first-order valence-corrected chi connectivity index (χ1v) is 9.07. The summed E-state index contributed by atoms with van der Waals surface area (Å²) < 4.78 is 7.10. The molecule has 1 amide bonds. The maximum Gasteiger partial charge on any atom is 0.338 e. The zero-order valence-corrected chi connectivity index (χ0v) is 16.3. The normalized spacial score (nSPS) is 10.7. The Hall–Kier alpha value is -3.98. The van der Waals surface area contributed by atoms with Gasteiger partial charge in [0.05, 0.1) is 30.1 Å². The number of carbonyl (C=O) groups is 2. The minimum Gasteiger partial charge on any atom is -0.465 e. The molecule has 0 atom stereocenters. The Morgan fingerprint density at radius 3 is 2.60 bits per heavy atom. The minimum atomic E-state index is -0.665. The van der Waals surface area contributed by atoms with Crippen molar-refractivity contribution in [2.45, 2.75) is 0 Å². The molecule has 1 N–H and O–H groups in total. The van der Waals surface area contributed by atoms with Gasteiger partial charge in [-0.25, -0.2) is 19.1 Å². The van der Waals surface area contributed by atoms with Crippen molar-refractivity contribution >= 4 is 34.5 Å². The second-order valence-electron chi connectivity index (χ2n) is 6.17. The first-order valence-electron chi connectivity index (χ1n) is 8.69. The van der Waals surface area contributed by atoms with Crippen molar-refractivity contribution in [1.29, 1.82) is 0 Å². The number of amides is 1. The second-order valence-corrected chi connectivity index (χ2v) is 6.61. The summed E-state index contributed by atoms with van der Waals surface area (Å²) >= 11 is 6.02. The molecule has 4 aromatic rings. The van der Waals surface area contributed by atoms with Crippen LogP contribution in [-0.2, 0) is 4.74 Å². The molecule has 10 heteroatoms. The van der Waals surface area contributed by atoms with Crippen LogP contribution in [0.15, 0.2) is 65.8 Å². The SMILES string of the molecule is COC(=O)c1ccccc1C(=O)Nn1cnc2c(cnn2-c2cccc(Cl)c2)c1=O. The van der Waals surface area contributed by atoms with E-state index in [1.165, 1.54) is 36.4 Å². The number of benzene rings is 2. The summed E-state index contributed by atoms with van der Waals surface area (Å²) in [5, 5.41) is 4.91. The van der Waals surface area contributed by atoms with Gasteiger partial charge in [-0.05, 0) is 30.3 Å². The second kappa shape index (κ2) is 7.80. The Morgan fingerprint density at radius 2 is 1.87 bits per heavy atom. The van der Waals surface area contributed by atoms with Crippen molar-refractivity contribution in [1.82, 2.24) is 19.4 Å². The van der Waals surface area contributed by atoms with E-state index in [9.17, 15) is 14.4 Å². The molecule has 0 spiro atoms. The third-order valence-electron chi connectivity index (χ3n) is 4.34. The molecule has 2 heterocycles. The first-order chi connectivity index (χ1) is 14.5. The maximum absolute atomic E-state index is 12.8. The topological polar surface area (TPSA) is 108 Å². The van der Waals surface area contributed by atoms with Crippen LogP contribution in [0, 0.1) is 0 Å². The smallest absolute Gasteiger partial charge is 0.338 e. The van der Waals surface area contributed by atoms with Crippen LogP contribution in [0.1, 0.15) is 20.7 Å². The van der Waals surface area contributed by atoms with E-state index in [1.807, 2.05) is 0 Å². The first kappa shape index (κ1) is 19.3. The van der Waals surface area contributed by atoms with Gasteiger partial charge < -0.3 is 4.74 Å². The predicted molar refractivity (Wildman–Crippen MR) is 110 cm³/mol. The molecule has 0 bridgehead atoms. The van der Waals surface area contributed by atoms with E-state index in [1.54, 1.807) is 36.4 Å². The van der Waals surface area contributed by atoms with Crippen LogP contribution in [-0.4, -0.2) is 38.4 Å². The van der Waals surface area contributed by atoms with Crippen LogP contribution >= 0.6 is 11.6 Å². The Bertz CT molecular complexity index is 1340. The molecule has 4 rings (SSSR count). The predicted octanol–water partition coefficient (Wildman–Crippen LogP) is 2.41. The lowest BCUT2D eigenvalue weighted by molar-refractivity contribution is 0.0597. The van der Waals surface area contributed by atoms with Gasteiger partial charge in [0, 0.05) is 5.02 Å². The average Bonchev–Trinajstić information content (AvgIpc) is 3.20. The molecule has 0 aliphatic rings. The van der Waals surface area contributed by atoms with E-state index >= 15 is 0 Å². The highest BCUT2D eigenvalue weighted by Crippen LogP contribution is 2.17.